The Hall–Kier alpha value is -3.75. The van der Waals surface area contributed by atoms with Crippen molar-refractivity contribution in [2.45, 2.75) is 84.7 Å². The Balaban J connectivity index is 1.57. The molecule has 242 valence electrons. The number of carbonyl (C=O) groups excluding carboxylic acids is 2. The molecule has 4 atom stereocenters. The van der Waals surface area contributed by atoms with Crippen molar-refractivity contribution in [2.24, 2.45) is 17.8 Å². The van der Waals surface area contributed by atoms with E-state index in [1.54, 1.807) is 0 Å². The molecule has 0 aromatic heterocycles. The molecule has 4 rings (SSSR count). The third-order valence-electron chi connectivity index (χ3n) is 9.34. The molecule has 1 fully saturated rings. The molecule has 0 radical (unpaired) electrons. The minimum Gasteiger partial charge on any atom is -0.507 e. The zero-order valence-corrected chi connectivity index (χ0v) is 26.7. The van der Waals surface area contributed by atoms with Gasteiger partial charge in [0.05, 0.1) is 24.5 Å². The first-order valence-electron chi connectivity index (χ1n) is 16.2. The maximum Gasteiger partial charge on any atom is 0.303 e. The van der Waals surface area contributed by atoms with Crippen molar-refractivity contribution in [1.29, 1.82) is 0 Å². The Bertz CT molecular complexity index is 1420. The number of aryl methyl sites for hydroxylation is 2. The predicted octanol–water partition coefficient (Wildman–Crippen LogP) is 6.05. The highest BCUT2D eigenvalue weighted by Crippen LogP contribution is 2.47. The van der Waals surface area contributed by atoms with Gasteiger partial charge in [-0.2, -0.15) is 0 Å². The van der Waals surface area contributed by atoms with E-state index in [1.165, 1.54) is 4.90 Å². The number of rotatable bonds is 15. The molecule has 1 saturated heterocycles. The summed E-state index contributed by atoms with van der Waals surface area (Å²) in [7, 11) is 0. The van der Waals surface area contributed by atoms with Gasteiger partial charge in [0, 0.05) is 18.9 Å². The molecular formula is C37H47NO7. The number of aliphatic hydroxyl groups excluding tert-OH is 2. The Morgan fingerprint density at radius 1 is 1.02 bits per heavy atom. The molecule has 0 saturated carbocycles. The van der Waals surface area contributed by atoms with Gasteiger partial charge in [0.25, 0.3) is 0 Å². The molecule has 2 aromatic rings. The zero-order valence-electron chi connectivity index (χ0n) is 26.7. The number of unbranched alkanes of at least 4 members (excludes halogenated alkanes) is 2. The Labute approximate surface area is 266 Å². The zero-order chi connectivity index (χ0) is 32.7. The number of aliphatic hydroxyl groups is 2. The first-order chi connectivity index (χ1) is 21.6. The number of carbonyl (C=O) groups is 3. The van der Waals surface area contributed by atoms with Crippen LogP contribution in [0.3, 0.4) is 0 Å². The Kier molecular flexibility index (Phi) is 11.8. The van der Waals surface area contributed by atoms with Crippen molar-refractivity contribution < 1.29 is 34.8 Å². The molecule has 0 unspecified atom stereocenters. The molecule has 4 N–H and O–H groups in total. The number of aliphatic carboxylic acids is 1. The van der Waals surface area contributed by atoms with Gasteiger partial charge in [0.1, 0.15) is 5.75 Å². The van der Waals surface area contributed by atoms with Crippen molar-refractivity contribution in [2.75, 3.05) is 13.2 Å². The highest BCUT2D eigenvalue weighted by Gasteiger charge is 2.54. The van der Waals surface area contributed by atoms with E-state index in [4.69, 9.17) is 5.11 Å². The van der Waals surface area contributed by atoms with Gasteiger partial charge in [-0.1, -0.05) is 61.7 Å². The summed E-state index contributed by atoms with van der Waals surface area (Å²) < 4.78 is 0. The van der Waals surface area contributed by atoms with Gasteiger partial charge in [0.15, 0.2) is 0 Å². The van der Waals surface area contributed by atoms with Gasteiger partial charge in [-0.3, -0.25) is 19.3 Å². The van der Waals surface area contributed by atoms with Gasteiger partial charge in [0.2, 0.25) is 11.8 Å². The van der Waals surface area contributed by atoms with Gasteiger partial charge in [-0.25, -0.2) is 0 Å². The first-order valence-corrected chi connectivity index (χ1v) is 16.2. The second-order valence-electron chi connectivity index (χ2n) is 12.6. The van der Waals surface area contributed by atoms with Gasteiger partial charge in [-0.05, 0) is 97.9 Å². The summed E-state index contributed by atoms with van der Waals surface area (Å²) in [4.78, 5) is 39.2. The fourth-order valence-corrected chi connectivity index (χ4v) is 7.18. The normalized spacial score (nSPS) is 21.0. The largest absolute Gasteiger partial charge is 0.507 e. The number of imide groups is 1. The topological polar surface area (TPSA) is 135 Å². The molecule has 1 aliphatic heterocycles. The van der Waals surface area contributed by atoms with E-state index in [1.807, 2.05) is 63.2 Å². The van der Waals surface area contributed by atoms with Crippen molar-refractivity contribution in [3.63, 3.8) is 0 Å². The van der Waals surface area contributed by atoms with Crippen LogP contribution in [0.25, 0.3) is 11.6 Å². The van der Waals surface area contributed by atoms with Gasteiger partial charge >= 0.3 is 5.97 Å². The maximum atomic E-state index is 13.6. The molecule has 2 aromatic carbocycles. The molecule has 2 aliphatic rings. The molecule has 8 heteroatoms. The minimum absolute atomic E-state index is 0.0562. The molecule has 1 aliphatic carbocycles. The molecule has 45 heavy (non-hydrogen) atoms. The Morgan fingerprint density at radius 3 is 2.33 bits per heavy atom. The van der Waals surface area contributed by atoms with Crippen molar-refractivity contribution in [1.82, 2.24) is 4.90 Å². The quantitative estimate of drug-likeness (QED) is 0.0828. The van der Waals surface area contributed by atoms with Crippen LogP contribution in [0.4, 0.5) is 0 Å². The number of carboxylic acid groups (broad SMARTS) is 1. The predicted molar refractivity (Wildman–Crippen MR) is 174 cm³/mol. The number of aromatic hydroxyl groups is 1. The van der Waals surface area contributed by atoms with E-state index in [2.05, 4.69) is 6.08 Å². The summed E-state index contributed by atoms with van der Waals surface area (Å²) in [5, 5.41) is 41.6. The summed E-state index contributed by atoms with van der Waals surface area (Å²) in [5.74, 6) is -3.01. The molecule has 0 bridgehead atoms. The third kappa shape index (κ3) is 7.92. The first kappa shape index (κ1) is 34.1. The summed E-state index contributed by atoms with van der Waals surface area (Å²) in [6.07, 6.45) is 5.67. The number of hydrogen-bond donors (Lipinski definition) is 4. The number of allylic oxidation sites excluding steroid dienone is 2. The van der Waals surface area contributed by atoms with E-state index in [0.29, 0.717) is 50.5 Å². The second kappa shape index (κ2) is 15.5. The molecule has 0 spiro atoms. The SMILES string of the molecule is CCCC1=C([C@H](O)CC/C(=C/c2cc(C)c(O)c(C)c2)c2ccccc2)[C@H](CO)[C@@H]2C(=O)N(CCCCCC(=O)O)C(=O)[C@@H]2C1. The van der Waals surface area contributed by atoms with Crippen LogP contribution in [0.1, 0.15) is 87.0 Å². The standard InChI is InChI=1S/C37H47NO7/c1-4-11-28-21-29-34(37(45)38(36(29)44)17-10-6-9-14-32(41)42)30(22-39)33(28)31(40)16-15-27(26-12-7-5-8-13-26)20-25-18-23(2)35(43)24(3)19-25/h5,7-8,12-13,18-20,29-31,34,39-40,43H,4,6,9-11,14-17,21-22H2,1-3H3,(H,41,42)/b27-20-/t29-,30+,31-,34-/m1/s1. The van der Waals surface area contributed by atoms with Gasteiger partial charge < -0.3 is 20.4 Å². The van der Waals surface area contributed by atoms with Gasteiger partial charge in [-0.15, -0.1) is 0 Å². The minimum atomic E-state index is -0.895. The Morgan fingerprint density at radius 2 is 1.71 bits per heavy atom. The summed E-state index contributed by atoms with van der Waals surface area (Å²) in [6.45, 7) is 5.69. The summed E-state index contributed by atoms with van der Waals surface area (Å²) >= 11 is 0. The monoisotopic (exact) mass is 617 g/mol. The number of phenols is 1. The number of nitrogens with zero attached hydrogens (tertiary/aromatic N) is 1. The van der Waals surface area contributed by atoms with Crippen LogP contribution in [-0.4, -0.2) is 62.4 Å². The lowest BCUT2D eigenvalue weighted by atomic mass is 9.67. The molecule has 8 nitrogen and oxygen atoms in total. The average molecular weight is 618 g/mol. The third-order valence-corrected chi connectivity index (χ3v) is 9.34. The number of amides is 2. The highest BCUT2D eigenvalue weighted by molar-refractivity contribution is 6.05. The van der Waals surface area contributed by atoms with Crippen LogP contribution in [-0.2, 0) is 14.4 Å². The molecule has 2 amide bonds. The number of phenolic OH excluding ortho intramolecular Hbond substituents is 1. The fourth-order valence-electron chi connectivity index (χ4n) is 7.18. The van der Waals surface area contributed by atoms with E-state index in [0.717, 1.165) is 39.8 Å². The van der Waals surface area contributed by atoms with Crippen LogP contribution in [0.15, 0.2) is 53.6 Å². The van der Waals surface area contributed by atoms with E-state index < -0.39 is 29.8 Å². The van der Waals surface area contributed by atoms with E-state index in [-0.39, 0.29) is 37.1 Å². The van der Waals surface area contributed by atoms with Crippen molar-refractivity contribution in [3.8, 4) is 5.75 Å². The fraction of sp³-hybridized carbons (Fsp3) is 0.486. The van der Waals surface area contributed by atoms with Crippen molar-refractivity contribution >= 4 is 29.4 Å². The van der Waals surface area contributed by atoms with Crippen molar-refractivity contribution in [3.05, 3.63) is 75.9 Å². The van der Waals surface area contributed by atoms with Crippen LogP contribution < -0.4 is 0 Å². The van der Waals surface area contributed by atoms with Crippen LogP contribution in [0.5, 0.6) is 5.75 Å². The number of hydrogen-bond acceptors (Lipinski definition) is 6. The van der Waals surface area contributed by atoms with Crippen LogP contribution >= 0.6 is 0 Å². The molecular weight excluding hydrogens is 570 g/mol. The lowest BCUT2D eigenvalue weighted by Gasteiger charge is -2.36. The number of benzene rings is 2. The summed E-state index contributed by atoms with van der Waals surface area (Å²) in [6, 6.07) is 13.8. The number of likely N-dealkylation sites (tertiary alicyclic amines) is 1. The van der Waals surface area contributed by atoms with E-state index in [9.17, 15) is 29.7 Å². The highest BCUT2D eigenvalue weighted by atomic mass is 16.4. The average Bonchev–Trinajstić information content (AvgIpc) is 3.25. The maximum absolute atomic E-state index is 13.6. The number of fused-ring (bicyclic) bond motifs is 1. The number of carboxylic acids is 1. The molecule has 1 heterocycles. The lowest BCUT2D eigenvalue weighted by Crippen LogP contribution is -2.39. The van der Waals surface area contributed by atoms with Crippen LogP contribution in [0, 0.1) is 31.6 Å². The smallest absolute Gasteiger partial charge is 0.303 e. The van der Waals surface area contributed by atoms with Crippen LogP contribution in [0.2, 0.25) is 0 Å². The lowest BCUT2D eigenvalue weighted by molar-refractivity contribution is -0.141. The second-order valence-corrected chi connectivity index (χ2v) is 12.6. The van der Waals surface area contributed by atoms with E-state index >= 15 is 0 Å². The summed E-state index contributed by atoms with van der Waals surface area (Å²) in [5.41, 5.74) is 6.24.